The molecule has 0 saturated carbocycles. The third-order valence-corrected chi connectivity index (χ3v) is 6.09. The van der Waals surface area contributed by atoms with Crippen molar-refractivity contribution in [2.24, 2.45) is 5.73 Å². The van der Waals surface area contributed by atoms with E-state index in [1.54, 1.807) is 13.4 Å². The molecule has 3 N–H and O–H groups in total. The van der Waals surface area contributed by atoms with E-state index in [1.807, 2.05) is 18.2 Å². The molecule has 0 bridgehead atoms. The predicted octanol–water partition coefficient (Wildman–Crippen LogP) is 3.66. The summed E-state index contributed by atoms with van der Waals surface area (Å²) in [5.41, 5.74) is 8.53. The number of furan rings is 1. The van der Waals surface area contributed by atoms with Crippen molar-refractivity contribution in [1.29, 1.82) is 0 Å². The Morgan fingerprint density at radius 3 is 2.89 bits per heavy atom. The fourth-order valence-corrected chi connectivity index (χ4v) is 4.89. The summed E-state index contributed by atoms with van der Waals surface area (Å²) in [6, 6.07) is 5.47. The standard InChI is InChI=1S/C20H20N2O4S/c1-25-12-6-7-15-14(9-12)11(10-26-15)8-17(23)22-20-18(19(21)24)13-4-2-3-5-16(13)27-20/h6-7,9-10H,2-5,8H2,1H3,(H2,21,24)(H,22,23). The van der Waals surface area contributed by atoms with Gasteiger partial charge in [-0.25, -0.2) is 0 Å². The summed E-state index contributed by atoms with van der Waals surface area (Å²) >= 11 is 1.46. The van der Waals surface area contributed by atoms with Gasteiger partial charge in [0.05, 0.1) is 25.4 Å². The first-order valence-corrected chi connectivity index (χ1v) is 9.66. The summed E-state index contributed by atoms with van der Waals surface area (Å²) in [5, 5.41) is 4.28. The topological polar surface area (TPSA) is 94.6 Å². The number of methoxy groups -OCH3 is 1. The number of fused-ring (bicyclic) bond motifs is 2. The molecule has 0 radical (unpaired) electrons. The summed E-state index contributed by atoms with van der Waals surface area (Å²) in [6.07, 6.45) is 5.63. The lowest BCUT2D eigenvalue weighted by Gasteiger charge is -2.11. The summed E-state index contributed by atoms with van der Waals surface area (Å²) < 4.78 is 10.8. The van der Waals surface area contributed by atoms with E-state index in [9.17, 15) is 9.59 Å². The number of thiophene rings is 1. The predicted molar refractivity (Wildman–Crippen MR) is 105 cm³/mol. The van der Waals surface area contributed by atoms with Crippen LogP contribution in [0.5, 0.6) is 5.75 Å². The van der Waals surface area contributed by atoms with Gasteiger partial charge in [-0.1, -0.05) is 0 Å². The number of nitrogens with two attached hydrogens (primary N) is 1. The largest absolute Gasteiger partial charge is 0.497 e. The van der Waals surface area contributed by atoms with Crippen molar-refractivity contribution in [2.75, 3.05) is 12.4 Å². The summed E-state index contributed by atoms with van der Waals surface area (Å²) in [7, 11) is 1.59. The summed E-state index contributed by atoms with van der Waals surface area (Å²) in [4.78, 5) is 25.7. The lowest BCUT2D eigenvalue weighted by atomic mass is 9.95. The van der Waals surface area contributed by atoms with Gasteiger partial charge in [0.2, 0.25) is 5.91 Å². The number of primary amides is 1. The van der Waals surface area contributed by atoms with Gasteiger partial charge in [0, 0.05) is 15.8 Å². The van der Waals surface area contributed by atoms with Gasteiger partial charge in [0.25, 0.3) is 5.91 Å². The van der Waals surface area contributed by atoms with Crippen LogP contribution in [-0.2, 0) is 24.1 Å². The zero-order valence-electron chi connectivity index (χ0n) is 15.0. The van der Waals surface area contributed by atoms with Crippen LogP contribution in [-0.4, -0.2) is 18.9 Å². The molecule has 27 heavy (non-hydrogen) atoms. The molecule has 0 fully saturated rings. The second-order valence-corrected chi connectivity index (χ2v) is 7.73. The average Bonchev–Trinajstić information content (AvgIpc) is 3.22. The average molecular weight is 384 g/mol. The molecular formula is C20H20N2O4S. The molecule has 0 aliphatic heterocycles. The molecule has 3 aromatic rings. The van der Waals surface area contributed by atoms with E-state index in [4.69, 9.17) is 14.9 Å². The molecule has 2 aromatic heterocycles. The molecule has 7 heteroatoms. The highest BCUT2D eigenvalue weighted by Gasteiger charge is 2.25. The van der Waals surface area contributed by atoms with E-state index in [0.29, 0.717) is 21.9 Å². The van der Waals surface area contributed by atoms with Gasteiger partial charge < -0.3 is 20.2 Å². The van der Waals surface area contributed by atoms with Gasteiger partial charge in [0.15, 0.2) is 0 Å². The molecule has 2 amide bonds. The Bertz CT molecular complexity index is 1030. The van der Waals surface area contributed by atoms with Crippen LogP contribution in [0.25, 0.3) is 11.0 Å². The first kappa shape index (κ1) is 17.6. The van der Waals surface area contributed by atoms with E-state index in [0.717, 1.165) is 47.1 Å². The zero-order valence-corrected chi connectivity index (χ0v) is 15.8. The molecule has 1 aliphatic carbocycles. The van der Waals surface area contributed by atoms with Crippen LogP contribution >= 0.6 is 11.3 Å². The third-order valence-electron chi connectivity index (χ3n) is 4.88. The molecule has 1 aromatic carbocycles. The van der Waals surface area contributed by atoms with Crippen LogP contribution in [0.1, 0.15) is 39.2 Å². The van der Waals surface area contributed by atoms with Crippen molar-refractivity contribution >= 4 is 39.1 Å². The van der Waals surface area contributed by atoms with Crippen molar-refractivity contribution in [1.82, 2.24) is 0 Å². The highest BCUT2D eigenvalue weighted by Crippen LogP contribution is 2.38. The maximum Gasteiger partial charge on any atom is 0.251 e. The number of rotatable bonds is 5. The maximum atomic E-state index is 12.6. The number of nitrogens with one attached hydrogen (secondary N) is 1. The number of ether oxygens (including phenoxy) is 1. The van der Waals surface area contributed by atoms with Crippen LogP contribution in [0.15, 0.2) is 28.9 Å². The van der Waals surface area contributed by atoms with Crippen LogP contribution in [0.2, 0.25) is 0 Å². The smallest absolute Gasteiger partial charge is 0.251 e. The second-order valence-electron chi connectivity index (χ2n) is 6.63. The Kier molecular flexibility index (Phi) is 4.61. The monoisotopic (exact) mass is 384 g/mol. The van der Waals surface area contributed by atoms with Crippen molar-refractivity contribution in [3.8, 4) is 5.75 Å². The zero-order chi connectivity index (χ0) is 19.0. The number of amides is 2. The number of anilines is 1. The van der Waals surface area contributed by atoms with Gasteiger partial charge in [-0.2, -0.15) is 0 Å². The normalized spacial score (nSPS) is 13.4. The molecule has 4 rings (SSSR count). The van der Waals surface area contributed by atoms with Gasteiger partial charge in [0.1, 0.15) is 16.3 Å². The first-order chi connectivity index (χ1) is 13.1. The van der Waals surface area contributed by atoms with Crippen LogP contribution in [0.4, 0.5) is 5.00 Å². The first-order valence-electron chi connectivity index (χ1n) is 8.85. The van der Waals surface area contributed by atoms with E-state index < -0.39 is 5.91 Å². The van der Waals surface area contributed by atoms with Crippen molar-refractivity contribution < 1.29 is 18.7 Å². The minimum Gasteiger partial charge on any atom is -0.497 e. The number of carbonyl (C=O) groups is 2. The number of carbonyl (C=O) groups excluding carboxylic acids is 2. The van der Waals surface area contributed by atoms with Crippen molar-refractivity contribution in [2.45, 2.75) is 32.1 Å². The number of hydrogen-bond donors (Lipinski definition) is 2. The molecule has 2 heterocycles. The molecule has 0 saturated heterocycles. The summed E-state index contributed by atoms with van der Waals surface area (Å²) in [5.74, 6) is 0.0114. The van der Waals surface area contributed by atoms with E-state index in [2.05, 4.69) is 5.32 Å². The van der Waals surface area contributed by atoms with Gasteiger partial charge in [-0.3, -0.25) is 9.59 Å². The molecule has 1 aliphatic rings. The van der Waals surface area contributed by atoms with Gasteiger partial charge in [-0.05, 0) is 49.4 Å². The Morgan fingerprint density at radius 2 is 2.11 bits per heavy atom. The third kappa shape index (κ3) is 3.30. The number of benzene rings is 1. The Morgan fingerprint density at radius 1 is 1.30 bits per heavy atom. The molecule has 140 valence electrons. The molecular weight excluding hydrogens is 364 g/mol. The number of hydrogen-bond acceptors (Lipinski definition) is 5. The summed E-state index contributed by atoms with van der Waals surface area (Å²) in [6.45, 7) is 0. The minimum absolute atomic E-state index is 0.140. The molecule has 6 nitrogen and oxygen atoms in total. The lowest BCUT2D eigenvalue weighted by molar-refractivity contribution is -0.115. The molecule has 0 atom stereocenters. The van der Waals surface area contributed by atoms with Crippen LogP contribution in [0, 0.1) is 0 Å². The minimum atomic E-state index is -0.483. The Labute approximate surface area is 160 Å². The SMILES string of the molecule is COc1ccc2occ(CC(=O)Nc3sc4c(c3C(N)=O)CCCC4)c2c1. The highest BCUT2D eigenvalue weighted by atomic mass is 32.1. The van der Waals surface area contributed by atoms with Gasteiger partial charge >= 0.3 is 0 Å². The van der Waals surface area contributed by atoms with E-state index in [1.165, 1.54) is 11.3 Å². The van der Waals surface area contributed by atoms with Crippen LogP contribution in [0.3, 0.4) is 0 Å². The van der Waals surface area contributed by atoms with Crippen molar-refractivity contribution in [3.63, 3.8) is 0 Å². The van der Waals surface area contributed by atoms with E-state index >= 15 is 0 Å². The quantitative estimate of drug-likeness (QED) is 0.702. The second kappa shape index (κ2) is 7.08. The maximum absolute atomic E-state index is 12.6. The van der Waals surface area contributed by atoms with Crippen molar-refractivity contribution in [3.05, 3.63) is 46.0 Å². The molecule has 0 unspecified atom stereocenters. The lowest BCUT2D eigenvalue weighted by Crippen LogP contribution is -2.19. The van der Waals surface area contributed by atoms with Crippen LogP contribution < -0.4 is 15.8 Å². The van der Waals surface area contributed by atoms with Gasteiger partial charge in [-0.15, -0.1) is 11.3 Å². The van der Waals surface area contributed by atoms with E-state index in [-0.39, 0.29) is 12.3 Å². The highest BCUT2D eigenvalue weighted by molar-refractivity contribution is 7.17. The number of aryl methyl sites for hydroxylation is 1. The Hall–Kier alpha value is -2.80. The fourth-order valence-electron chi connectivity index (χ4n) is 3.58. The molecule has 0 spiro atoms. The fraction of sp³-hybridized carbons (Fsp3) is 0.300. The Balaban J connectivity index is 1.59.